The summed E-state index contributed by atoms with van der Waals surface area (Å²) in [5.41, 5.74) is 2.55. The highest BCUT2D eigenvalue weighted by molar-refractivity contribution is 7.89. The number of fused-ring (bicyclic) bond motifs is 1. The number of amides is 1. The lowest BCUT2D eigenvalue weighted by molar-refractivity contribution is -0.120. The minimum absolute atomic E-state index is 0.0775. The van der Waals surface area contributed by atoms with E-state index in [-0.39, 0.29) is 35.1 Å². The summed E-state index contributed by atoms with van der Waals surface area (Å²) in [7, 11) is -3.75. The van der Waals surface area contributed by atoms with Crippen LogP contribution in [-0.4, -0.2) is 27.4 Å². The van der Waals surface area contributed by atoms with Crippen LogP contribution in [0.25, 0.3) is 0 Å². The molecule has 2 aromatic carbocycles. The summed E-state index contributed by atoms with van der Waals surface area (Å²) in [5.74, 6) is -0.325. The van der Waals surface area contributed by atoms with Crippen molar-refractivity contribution >= 4 is 21.6 Å². The first kappa shape index (κ1) is 20.3. The van der Waals surface area contributed by atoms with Gasteiger partial charge in [0, 0.05) is 12.2 Å². The Morgan fingerprint density at radius 3 is 2.50 bits per heavy atom. The zero-order valence-electron chi connectivity index (χ0n) is 15.9. The topological polar surface area (TPSA) is 92.5 Å². The van der Waals surface area contributed by atoms with E-state index >= 15 is 0 Å². The Balaban J connectivity index is 1.71. The van der Waals surface area contributed by atoms with E-state index in [0.29, 0.717) is 13.0 Å². The Labute approximate surface area is 164 Å². The SMILES string of the molecule is CC(C)C(NC(=O)CN1CCc2cc(S(N)(=O)=O)ccc21)c1ccc(F)cc1. The first-order valence-electron chi connectivity index (χ1n) is 9.10. The lowest BCUT2D eigenvalue weighted by Gasteiger charge is -2.25. The van der Waals surface area contributed by atoms with Crippen molar-refractivity contribution in [3.8, 4) is 0 Å². The van der Waals surface area contributed by atoms with Crippen LogP contribution in [0.3, 0.4) is 0 Å². The number of benzene rings is 2. The second-order valence-electron chi connectivity index (χ2n) is 7.35. The maximum Gasteiger partial charge on any atom is 0.240 e. The standard InChI is InChI=1S/C20H24FN3O3S/c1-13(2)20(14-3-5-16(21)6-4-14)23-19(25)12-24-10-9-15-11-17(28(22,26)27)7-8-18(15)24/h3-8,11,13,20H,9-10,12H2,1-2H3,(H,23,25)(H2,22,26,27). The molecule has 1 aliphatic rings. The van der Waals surface area contributed by atoms with Gasteiger partial charge >= 0.3 is 0 Å². The molecule has 0 radical (unpaired) electrons. The molecule has 150 valence electrons. The Morgan fingerprint density at radius 2 is 1.89 bits per heavy atom. The normalized spacial score (nSPS) is 14.8. The molecular formula is C20H24FN3O3S. The van der Waals surface area contributed by atoms with Crippen molar-refractivity contribution in [1.82, 2.24) is 5.32 Å². The minimum Gasteiger partial charge on any atom is -0.362 e. The van der Waals surface area contributed by atoms with Crippen LogP contribution in [0.4, 0.5) is 10.1 Å². The van der Waals surface area contributed by atoms with Gasteiger partial charge in [-0.3, -0.25) is 4.79 Å². The number of primary sulfonamides is 1. The Morgan fingerprint density at radius 1 is 1.21 bits per heavy atom. The molecule has 0 bridgehead atoms. The predicted octanol–water partition coefficient (Wildman–Crippen LogP) is 2.35. The van der Waals surface area contributed by atoms with Gasteiger partial charge in [-0.15, -0.1) is 0 Å². The summed E-state index contributed by atoms with van der Waals surface area (Å²) in [5, 5.41) is 8.21. The summed E-state index contributed by atoms with van der Waals surface area (Å²) in [4.78, 5) is 14.6. The van der Waals surface area contributed by atoms with Crippen molar-refractivity contribution in [3.63, 3.8) is 0 Å². The third-order valence-electron chi connectivity index (χ3n) is 4.92. The van der Waals surface area contributed by atoms with Gasteiger partial charge in [0.15, 0.2) is 0 Å². The first-order chi connectivity index (χ1) is 13.1. The number of halogens is 1. The van der Waals surface area contributed by atoms with E-state index in [9.17, 15) is 17.6 Å². The molecule has 1 unspecified atom stereocenters. The van der Waals surface area contributed by atoms with Crippen LogP contribution in [0, 0.1) is 11.7 Å². The number of hydrogen-bond acceptors (Lipinski definition) is 4. The van der Waals surface area contributed by atoms with Gasteiger partial charge in [0.1, 0.15) is 5.82 Å². The third kappa shape index (κ3) is 4.51. The van der Waals surface area contributed by atoms with Crippen LogP contribution < -0.4 is 15.4 Å². The summed E-state index contributed by atoms with van der Waals surface area (Å²) in [6.45, 7) is 4.77. The second-order valence-corrected chi connectivity index (χ2v) is 8.91. The Hall–Kier alpha value is -2.45. The fourth-order valence-corrected chi connectivity index (χ4v) is 4.05. The lowest BCUT2D eigenvalue weighted by atomic mass is 9.96. The summed E-state index contributed by atoms with van der Waals surface area (Å²) >= 11 is 0. The average molecular weight is 405 g/mol. The van der Waals surface area contributed by atoms with Crippen molar-refractivity contribution in [2.75, 3.05) is 18.0 Å². The highest BCUT2D eigenvalue weighted by Gasteiger charge is 2.25. The molecular weight excluding hydrogens is 381 g/mol. The van der Waals surface area contributed by atoms with Crippen LogP contribution in [0.5, 0.6) is 0 Å². The van der Waals surface area contributed by atoms with Crippen LogP contribution in [0.1, 0.15) is 31.0 Å². The largest absolute Gasteiger partial charge is 0.362 e. The van der Waals surface area contributed by atoms with E-state index in [1.54, 1.807) is 24.3 Å². The molecule has 6 nitrogen and oxygen atoms in total. The summed E-state index contributed by atoms with van der Waals surface area (Å²) < 4.78 is 36.2. The molecule has 0 saturated heterocycles. The number of rotatable bonds is 6. The van der Waals surface area contributed by atoms with Crippen LogP contribution in [0.15, 0.2) is 47.4 Å². The van der Waals surface area contributed by atoms with E-state index < -0.39 is 10.0 Å². The highest BCUT2D eigenvalue weighted by atomic mass is 32.2. The van der Waals surface area contributed by atoms with E-state index in [2.05, 4.69) is 5.32 Å². The number of carbonyl (C=O) groups excluding carboxylic acids is 1. The fourth-order valence-electron chi connectivity index (χ4n) is 3.49. The molecule has 28 heavy (non-hydrogen) atoms. The number of carbonyl (C=O) groups is 1. The fraction of sp³-hybridized carbons (Fsp3) is 0.350. The van der Waals surface area contributed by atoms with Gasteiger partial charge in [-0.05, 0) is 53.8 Å². The van der Waals surface area contributed by atoms with Gasteiger partial charge in [0.25, 0.3) is 0 Å². The molecule has 8 heteroatoms. The van der Waals surface area contributed by atoms with E-state index in [1.807, 2.05) is 18.7 Å². The predicted molar refractivity (Wildman–Crippen MR) is 106 cm³/mol. The zero-order chi connectivity index (χ0) is 20.5. The second kappa shape index (κ2) is 7.89. The number of nitrogens with zero attached hydrogens (tertiary/aromatic N) is 1. The number of nitrogens with two attached hydrogens (primary N) is 1. The molecule has 1 amide bonds. The Bertz CT molecular complexity index is 975. The molecule has 1 heterocycles. The minimum atomic E-state index is -3.75. The van der Waals surface area contributed by atoms with Gasteiger partial charge in [-0.1, -0.05) is 26.0 Å². The first-order valence-corrected chi connectivity index (χ1v) is 10.7. The van der Waals surface area contributed by atoms with Gasteiger partial charge in [-0.25, -0.2) is 17.9 Å². The number of nitrogens with one attached hydrogen (secondary N) is 1. The third-order valence-corrected chi connectivity index (χ3v) is 5.83. The van der Waals surface area contributed by atoms with Crippen LogP contribution in [0.2, 0.25) is 0 Å². The number of hydrogen-bond donors (Lipinski definition) is 2. The van der Waals surface area contributed by atoms with E-state index in [4.69, 9.17) is 5.14 Å². The quantitative estimate of drug-likeness (QED) is 0.772. The zero-order valence-corrected chi connectivity index (χ0v) is 16.7. The molecule has 0 aromatic heterocycles. The molecule has 1 atom stereocenters. The molecule has 0 saturated carbocycles. The molecule has 1 aliphatic heterocycles. The van der Waals surface area contributed by atoms with Gasteiger partial charge in [0.2, 0.25) is 15.9 Å². The molecule has 0 spiro atoms. The van der Waals surface area contributed by atoms with Gasteiger partial charge in [-0.2, -0.15) is 0 Å². The van der Waals surface area contributed by atoms with Crippen molar-refractivity contribution < 1.29 is 17.6 Å². The van der Waals surface area contributed by atoms with Crippen molar-refractivity contribution in [2.45, 2.75) is 31.2 Å². The molecule has 2 aromatic rings. The molecule has 3 rings (SSSR count). The maximum absolute atomic E-state index is 13.2. The molecule has 0 aliphatic carbocycles. The number of sulfonamides is 1. The van der Waals surface area contributed by atoms with Crippen molar-refractivity contribution in [1.29, 1.82) is 0 Å². The molecule has 0 fully saturated rings. The smallest absolute Gasteiger partial charge is 0.240 e. The van der Waals surface area contributed by atoms with E-state index in [0.717, 1.165) is 16.8 Å². The molecule has 3 N–H and O–H groups in total. The van der Waals surface area contributed by atoms with Crippen molar-refractivity contribution in [2.24, 2.45) is 11.1 Å². The van der Waals surface area contributed by atoms with Gasteiger partial charge < -0.3 is 10.2 Å². The number of anilines is 1. The van der Waals surface area contributed by atoms with Crippen LogP contribution >= 0.6 is 0 Å². The Kier molecular flexibility index (Phi) is 5.71. The highest BCUT2D eigenvalue weighted by Crippen LogP contribution is 2.30. The average Bonchev–Trinajstić information content (AvgIpc) is 3.02. The van der Waals surface area contributed by atoms with Crippen molar-refractivity contribution in [3.05, 3.63) is 59.4 Å². The lowest BCUT2D eigenvalue weighted by Crippen LogP contribution is -2.39. The van der Waals surface area contributed by atoms with Gasteiger partial charge in [0.05, 0.1) is 17.5 Å². The van der Waals surface area contributed by atoms with E-state index in [1.165, 1.54) is 18.2 Å². The summed E-state index contributed by atoms with van der Waals surface area (Å²) in [6.07, 6.45) is 0.650. The van der Waals surface area contributed by atoms with Crippen LogP contribution in [-0.2, 0) is 21.2 Å². The monoisotopic (exact) mass is 405 g/mol. The summed E-state index contributed by atoms with van der Waals surface area (Å²) in [6, 6.07) is 10.6. The maximum atomic E-state index is 13.2.